The van der Waals surface area contributed by atoms with Crippen molar-refractivity contribution < 1.29 is 4.79 Å². The Hall–Kier alpha value is -2.37. The van der Waals surface area contributed by atoms with Crippen molar-refractivity contribution in [2.45, 2.75) is 64.0 Å². The molecule has 27 heavy (non-hydrogen) atoms. The first-order valence-corrected chi connectivity index (χ1v) is 10.3. The first kappa shape index (κ1) is 18.0. The minimum atomic E-state index is 0.0593. The maximum absolute atomic E-state index is 12.7. The molecule has 1 fully saturated rings. The van der Waals surface area contributed by atoms with Crippen LogP contribution in [0.15, 0.2) is 30.3 Å². The van der Waals surface area contributed by atoms with E-state index in [1.807, 2.05) is 11.0 Å². The summed E-state index contributed by atoms with van der Waals surface area (Å²) in [6, 6.07) is 10.8. The predicted molar refractivity (Wildman–Crippen MR) is 105 cm³/mol. The Morgan fingerprint density at radius 2 is 1.96 bits per heavy atom. The van der Waals surface area contributed by atoms with Gasteiger partial charge in [0.2, 0.25) is 0 Å². The molecule has 6 heteroatoms. The van der Waals surface area contributed by atoms with Crippen molar-refractivity contribution in [2.75, 3.05) is 13.1 Å². The van der Waals surface area contributed by atoms with E-state index >= 15 is 0 Å². The molecule has 1 atom stereocenters. The Morgan fingerprint density at radius 3 is 2.85 bits per heavy atom. The highest BCUT2D eigenvalue weighted by atomic mass is 16.2. The fraction of sp³-hybridized carbons (Fsp3) is 0.571. The minimum absolute atomic E-state index is 0.0593. The summed E-state index contributed by atoms with van der Waals surface area (Å²) >= 11 is 0. The van der Waals surface area contributed by atoms with Gasteiger partial charge in [-0.15, -0.1) is 10.2 Å². The number of likely N-dealkylation sites (tertiary alicyclic amines) is 1. The smallest absolute Gasteiger partial charge is 0.317 e. The van der Waals surface area contributed by atoms with Crippen LogP contribution in [0, 0.1) is 0 Å². The number of carbonyl (C=O) groups is 1. The second-order valence-electron chi connectivity index (χ2n) is 7.66. The van der Waals surface area contributed by atoms with Crippen molar-refractivity contribution in [1.82, 2.24) is 25.0 Å². The summed E-state index contributed by atoms with van der Waals surface area (Å²) in [5.74, 6) is 2.12. The zero-order valence-electron chi connectivity index (χ0n) is 15.9. The Bertz CT molecular complexity index is 757. The number of carbonyl (C=O) groups excluding carboxylic acids is 1. The molecule has 0 spiro atoms. The van der Waals surface area contributed by atoms with E-state index in [2.05, 4.69) is 44.3 Å². The van der Waals surface area contributed by atoms with Crippen molar-refractivity contribution >= 4 is 6.03 Å². The van der Waals surface area contributed by atoms with Crippen LogP contribution in [-0.4, -0.2) is 44.8 Å². The van der Waals surface area contributed by atoms with Crippen molar-refractivity contribution in [3.63, 3.8) is 0 Å². The third-order valence-corrected chi connectivity index (χ3v) is 5.76. The van der Waals surface area contributed by atoms with Gasteiger partial charge in [0.25, 0.3) is 0 Å². The molecule has 1 saturated heterocycles. The number of nitrogens with one attached hydrogen (secondary N) is 1. The van der Waals surface area contributed by atoms with Crippen LogP contribution in [0.25, 0.3) is 0 Å². The van der Waals surface area contributed by atoms with Crippen LogP contribution in [0.1, 0.15) is 49.3 Å². The zero-order valence-corrected chi connectivity index (χ0v) is 15.9. The fourth-order valence-corrected chi connectivity index (χ4v) is 4.31. The topological polar surface area (TPSA) is 63.1 Å². The van der Waals surface area contributed by atoms with E-state index in [0.717, 1.165) is 56.8 Å². The lowest BCUT2D eigenvalue weighted by molar-refractivity contribution is 0.192. The quantitative estimate of drug-likeness (QED) is 0.884. The van der Waals surface area contributed by atoms with Crippen LogP contribution in [0.2, 0.25) is 0 Å². The molecule has 3 heterocycles. The van der Waals surface area contributed by atoms with Crippen molar-refractivity contribution in [3.8, 4) is 0 Å². The molecule has 2 aromatic rings. The monoisotopic (exact) mass is 367 g/mol. The Morgan fingerprint density at radius 1 is 1.07 bits per heavy atom. The van der Waals surface area contributed by atoms with Gasteiger partial charge in [0, 0.05) is 38.5 Å². The summed E-state index contributed by atoms with van der Waals surface area (Å²) in [4.78, 5) is 14.7. The largest absolute Gasteiger partial charge is 0.338 e. The molecule has 2 aliphatic rings. The molecule has 1 N–H and O–H groups in total. The number of aromatic nitrogens is 3. The van der Waals surface area contributed by atoms with Crippen LogP contribution >= 0.6 is 0 Å². The Kier molecular flexibility index (Phi) is 5.70. The molecular weight excluding hydrogens is 338 g/mol. The predicted octanol–water partition coefficient (Wildman–Crippen LogP) is 2.96. The normalized spacial score (nSPS) is 19.6. The van der Waals surface area contributed by atoms with Gasteiger partial charge in [-0.3, -0.25) is 0 Å². The Labute approximate surface area is 161 Å². The van der Waals surface area contributed by atoms with Gasteiger partial charge < -0.3 is 14.8 Å². The third-order valence-electron chi connectivity index (χ3n) is 5.76. The maximum Gasteiger partial charge on any atom is 0.317 e. The third kappa shape index (κ3) is 4.31. The number of benzene rings is 1. The van der Waals surface area contributed by atoms with Crippen molar-refractivity contribution in [3.05, 3.63) is 47.5 Å². The SMILES string of the molecule is O=C(NCCc1nnc2n1CCCCC2)N1CCC[C@@H]1Cc1ccccc1. The van der Waals surface area contributed by atoms with Crippen molar-refractivity contribution in [2.24, 2.45) is 0 Å². The standard InChI is InChI=1S/C21H29N5O/c27-21(25-15-7-10-18(25)16-17-8-3-1-4-9-17)22-13-12-20-24-23-19-11-5-2-6-14-26(19)20/h1,3-4,8-9,18H,2,5-7,10-16H2,(H,22,27)/t18-/m1/s1. The first-order valence-electron chi connectivity index (χ1n) is 10.3. The van der Waals surface area contributed by atoms with E-state index in [-0.39, 0.29) is 6.03 Å². The van der Waals surface area contributed by atoms with E-state index in [4.69, 9.17) is 0 Å². The van der Waals surface area contributed by atoms with Crippen LogP contribution in [0.3, 0.4) is 0 Å². The molecule has 0 unspecified atom stereocenters. The molecule has 0 aliphatic carbocycles. The van der Waals surface area contributed by atoms with Crippen LogP contribution in [0.5, 0.6) is 0 Å². The van der Waals surface area contributed by atoms with E-state index < -0.39 is 0 Å². The summed E-state index contributed by atoms with van der Waals surface area (Å²) in [6.45, 7) is 2.48. The molecule has 0 saturated carbocycles. The second-order valence-corrected chi connectivity index (χ2v) is 7.66. The zero-order chi connectivity index (χ0) is 18.5. The average Bonchev–Trinajstić information content (AvgIpc) is 3.23. The number of nitrogens with zero attached hydrogens (tertiary/aromatic N) is 4. The first-order chi connectivity index (χ1) is 13.3. The molecule has 4 rings (SSSR count). The van der Waals surface area contributed by atoms with Gasteiger partial charge in [-0.05, 0) is 37.7 Å². The van der Waals surface area contributed by atoms with Crippen molar-refractivity contribution in [1.29, 1.82) is 0 Å². The van der Waals surface area contributed by atoms with Gasteiger partial charge in [-0.25, -0.2) is 4.79 Å². The highest BCUT2D eigenvalue weighted by Crippen LogP contribution is 2.21. The summed E-state index contributed by atoms with van der Waals surface area (Å²) in [5.41, 5.74) is 1.30. The number of aryl methyl sites for hydroxylation is 1. The van der Waals surface area contributed by atoms with Crippen LogP contribution < -0.4 is 5.32 Å². The van der Waals surface area contributed by atoms with Gasteiger partial charge in [0.15, 0.2) is 0 Å². The van der Waals surface area contributed by atoms with Crippen LogP contribution in [0.4, 0.5) is 4.79 Å². The lowest BCUT2D eigenvalue weighted by atomic mass is 10.0. The fourth-order valence-electron chi connectivity index (χ4n) is 4.31. The summed E-state index contributed by atoms with van der Waals surface area (Å²) < 4.78 is 2.26. The Balaban J connectivity index is 1.29. The molecule has 1 aromatic heterocycles. The lowest BCUT2D eigenvalue weighted by Gasteiger charge is -2.25. The van der Waals surface area contributed by atoms with Gasteiger partial charge in [0.1, 0.15) is 11.6 Å². The molecule has 0 bridgehead atoms. The molecule has 0 radical (unpaired) electrons. The van der Waals surface area contributed by atoms with Gasteiger partial charge in [-0.2, -0.15) is 0 Å². The maximum atomic E-state index is 12.7. The average molecular weight is 367 g/mol. The van der Waals surface area contributed by atoms with Crippen LogP contribution in [-0.2, 0) is 25.8 Å². The van der Waals surface area contributed by atoms with E-state index in [1.54, 1.807) is 0 Å². The van der Waals surface area contributed by atoms with E-state index in [9.17, 15) is 4.79 Å². The van der Waals surface area contributed by atoms with Gasteiger partial charge >= 0.3 is 6.03 Å². The molecule has 1 aromatic carbocycles. The van der Waals surface area contributed by atoms with Gasteiger partial charge in [0.05, 0.1) is 0 Å². The highest BCUT2D eigenvalue weighted by Gasteiger charge is 2.28. The molecule has 2 amide bonds. The summed E-state index contributed by atoms with van der Waals surface area (Å²) in [6.07, 6.45) is 8.53. The number of hydrogen-bond acceptors (Lipinski definition) is 3. The van der Waals surface area contributed by atoms with Gasteiger partial charge in [-0.1, -0.05) is 36.8 Å². The summed E-state index contributed by atoms with van der Waals surface area (Å²) in [7, 11) is 0. The second kappa shape index (κ2) is 8.55. The van der Waals surface area contributed by atoms with E-state index in [1.165, 1.54) is 24.8 Å². The number of hydrogen-bond donors (Lipinski definition) is 1. The molecule has 6 nitrogen and oxygen atoms in total. The number of rotatable bonds is 5. The number of amides is 2. The molecule has 144 valence electrons. The number of fused-ring (bicyclic) bond motifs is 1. The van der Waals surface area contributed by atoms with E-state index in [0.29, 0.717) is 12.6 Å². The lowest BCUT2D eigenvalue weighted by Crippen LogP contribution is -2.44. The summed E-state index contributed by atoms with van der Waals surface area (Å²) in [5, 5.41) is 11.8. The number of urea groups is 1. The molecule has 2 aliphatic heterocycles. The highest BCUT2D eigenvalue weighted by molar-refractivity contribution is 5.74. The molecular formula is C21H29N5O. The minimum Gasteiger partial charge on any atom is -0.338 e.